The summed E-state index contributed by atoms with van der Waals surface area (Å²) in [5.41, 5.74) is 5.89. The summed E-state index contributed by atoms with van der Waals surface area (Å²) >= 11 is 0. The molecule has 0 radical (unpaired) electrons. The Morgan fingerprint density at radius 3 is 3.00 bits per heavy atom. The Labute approximate surface area is 106 Å². The fourth-order valence-electron chi connectivity index (χ4n) is 1.22. The number of unbranched alkanes of at least 4 members (excludes halogenated alkanes) is 1. The van der Waals surface area contributed by atoms with E-state index in [-0.39, 0.29) is 11.7 Å². The molecule has 3 N–H and O–H groups in total. The zero-order valence-electron chi connectivity index (χ0n) is 10.4. The second kappa shape index (κ2) is 8.24. The number of aromatic nitrogens is 2. The predicted molar refractivity (Wildman–Crippen MR) is 65.8 cm³/mol. The summed E-state index contributed by atoms with van der Waals surface area (Å²) in [6.45, 7) is 3.62. The van der Waals surface area contributed by atoms with Crippen molar-refractivity contribution < 1.29 is 14.7 Å². The molecule has 1 aromatic rings. The normalized spacial score (nSPS) is 11.5. The molecular formula is C11H18N4O3. The monoisotopic (exact) mass is 254 g/mol. The number of nitrogens with zero attached hydrogens (tertiary/aromatic N) is 3. The third-order valence-electron chi connectivity index (χ3n) is 2.18. The first-order chi connectivity index (χ1) is 8.79. The van der Waals surface area contributed by atoms with Crippen LogP contribution in [0.1, 0.15) is 25.3 Å². The average molecular weight is 254 g/mol. The van der Waals surface area contributed by atoms with Crippen molar-refractivity contribution in [3.05, 3.63) is 17.8 Å². The van der Waals surface area contributed by atoms with Gasteiger partial charge in [-0.05, 0) is 12.5 Å². The van der Waals surface area contributed by atoms with Gasteiger partial charge in [-0.1, -0.05) is 18.5 Å². The van der Waals surface area contributed by atoms with Crippen molar-refractivity contribution in [3.63, 3.8) is 0 Å². The van der Waals surface area contributed by atoms with Gasteiger partial charge in [0.15, 0.2) is 5.84 Å². The maximum atomic E-state index is 8.62. The lowest BCUT2D eigenvalue weighted by Gasteiger charge is -2.08. The van der Waals surface area contributed by atoms with Crippen LogP contribution in [0.25, 0.3) is 0 Å². The van der Waals surface area contributed by atoms with Crippen LogP contribution in [0.4, 0.5) is 0 Å². The topological polar surface area (TPSA) is 103 Å². The predicted octanol–water partition coefficient (Wildman–Crippen LogP) is 0.767. The van der Waals surface area contributed by atoms with Crippen molar-refractivity contribution in [1.29, 1.82) is 0 Å². The number of rotatable bonds is 8. The van der Waals surface area contributed by atoms with Gasteiger partial charge in [-0.3, -0.25) is 0 Å². The Balaban J connectivity index is 2.42. The lowest BCUT2D eigenvalue weighted by atomic mass is 10.3. The molecule has 1 rings (SSSR count). The molecule has 1 heterocycles. The van der Waals surface area contributed by atoms with E-state index in [2.05, 4.69) is 22.3 Å². The lowest BCUT2D eigenvalue weighted by molar-refractivity contribution is 0.0961. The third kappa shape index (κ3) is 4.54. The van der Waals surface area contributed by atoms with Crippen LogP contribution in [0.3, 0.4) is 0 Å². The Morgan fingerprint density at radius 2 is 2.28 bits per heavy atom. The van der Waals surface area contributed by atoms with Gasteiger partial charge in [-0.2, -0.15) is 5.10 Å². The quantitative estimate of drug-likeness (QED) is 0.233. The molecule has 100 valence electrons. The van der Waals surface area contributed by atoms with Gasteiger partial charge in [0.2, 0.25) is 5.88 Å². The van der Waals surface area contributed by atoms with Crippen molar-refractivity contribution >= 4 is 5.84 Å². The summed E-state index contributed by atoms with van der Waals surface area (Å²) in [6.07, 6.45) is 3.57. The second-order valence-corrected chi connectivity index (χ2v) is 3.55. The molecule has 7 heteroatoms. The molecule has 0 saturated heterocycles. The molecule has 0 unspecified atom stereocenters. The summed E-state index contributed by atoms with van der Waals surface area (Å²) in [6, 6.07) is 1.56. The summed E-state index contributed by atoms with van der Waals surface area (Å²) in [7, 11) is 0. The highest BCUT2D eigenvalue weighted by Crippen LogP contribution is 2.12. The number of amidine groups is 1. The van der Waals surface area contributed by atoms with Crippen LogP contribution in [-0.4, -0.2) is 41.1 Å². The van der Waals surface area contributed by atoms with Crippen molar-refractivity contribution in [2.75, 3.05) is 19.8 Å². The second-order valence-electron chi connectivity index (χ2n) is 3.55. The largest absolute Gasteiger partial charge is 0.474 e. The van der Waals surface area contributed by atoms with E-state index < -0.39 is 0 Å². The fourth-order valence-corrected chi connectivity index (χ4v) is 1.22. The standard InChI is InChI=1S/C11H18N4O3/c1-2-3-6-17-7-8-18-11-9(10(12)15-16)4-5-13-14-11/h4-5,16H,2-3,6-8H2,1H3,(H2,12,15). The molecule has 0 atom stereocenters. The van der Waals surface area contributed by atoms with E-state index in [1.807, 2.05) is 0 Å². The van der Waals surface area contributed by atoms with E-state index in [4.69, 9.17) is 20.4 Å². The van der Waals surface area contributed by atoms with E-state index in [0.29, 0.717) is 25.4 Å². The summed E-state index contributed by atoms with van der Waals surface area (Å²) in [5.74, 6) is 0.165. The molecule has 0 aliphatic rings. The van der Waals surface area contributed by atoms with Crippen molar-refractivity contribution in [3.8, 4) is 5.88 Å². The van der Waals surface area contributed by atoms with Gasteiger partial charge in [0, 0.05) is 6.61 Å². The van der Waals surface area contributed by atoms with Gasteiger partial charge in [0.25, 0.3) is 0 Å². The number of oxime groups is 1. The SMILES string of the molecule is CCCCOCCOc1nnccc1/C(N)=N/O. The number of hydrogen-bond donors (Lipinski definition) is 2. The average Bonchev–Trinajstić information content (AvgIpc) is 2.42. The summed E-state index contributed by atoms with van der Waals surface area (Å²) in [4.78, 5) is 0. The van der Waals surface area contributed by atoms with E-state index in [9.17, 15) is 0 Å². The zero-order valence-corrected chi connectivity index (χ0v) is 10.4. The van der Waals surface area contributed by atoms with Crippen LogP contribution in [-0.2, 0) is 4.74 Å². The van der Waals surface area contributed by atoms with Gasteiger partial charge in [0.05, 0.1) is 18.4 Å². The van der Waals surface area contributed by atoms with E-state index >= 15 is 0 Å². The van der Waals surface area contributed by atoms with Gasteiger partial charge in [-0.25, -0.2) is 0 Å². The van der Waals surface area contributed by atoms with Crippen LogP contribution in [0, 0.1) is 0 Å². The van der Waals surface area contributed by atoms with Crippen LogP contribution >= 0.6 is 0 Å². The van der Waals surface area contributed by atoms with Crippen molar-refractivity contribution in [2.45, 2.75) is 19.8 Å². The Morgan fingerprint density at radius 1 is 1.44 bits per heavy atom. The van der Waals surface area contributed by atoms with Gasteiger partial charge >= 0.3 is 0 Å². The van der Waals surface area contributed by atoms with Gasteiger partial charge in [0.1, 0.15) is 6.61 Å². The maximum Gasteiger partial charge on any atom is 0.244 e. The fraction of sp³-hybridized carbons (Fsp3) is 0.545. The Kier molecular flexibility index (Phi) is 6.49. The summed E-state index contributed by atoms with van der Waals surface area (Å²) in [5, 5.41) is 19.0. The first-order valence-electron chi connectivity index (χ1n) is 5.79. The summed E-state index contributed by atoms with van der Waals surface area (Å²) < 4.78 is 10.7. The zero-order chi connectivity index (χ0) is 13.2. The number of hydrogen-bond acceptors (Lipinski definition) is 6. The smallest absolute Gasteiger partial charge is 0.244 e. The molecular weight excluding hydrogens is 236 g/mol. The molecule has 0 saturated carbocycles. The lowest BCUT2D eigenvalue weighted by Crippen LogP contribution is -2.17. The van der Waals surface area contributed by atoms with Crippen molar-refractivity contribution in [1.82, 2.24) is 10.2 Å². The first-order valence-corrected chi connectivity index (χ1v) is 5.79. The van der Waals surface area contributed by atoms with Crippen LogP contribution in [0.5, 0.6) is 5.88 Å². The minimum atomic E-state index is -0.0631. The molecule has 0 bridgehead atoms. The van der Waals surface area contributed by atoms with E-state index in [1.165, 1.54) is 6.20 Å². The maximum absolute atomic E-state index is 8.62. The molecule has 0 aromatic carbocycles. The number of ether oxygens (including phenoxy) is 2. The molecule has 0 amide bonds. The molecule has 18 heavy (non-hydrogen) atoms. The minimum Gasteiger partial charge on any atom is -0.474 e. The molecule has 1 aromatic heterocycles. The van der Waals surface area contributed by atoms with E-state index in [1.54, 1.807) is 6.07 Å². The highest BCUT2D eigenvalue weighted by Gasteiger charge is 2.09. The molecule has 7 nitrogen and oxygen atoms in total. The van der Waals surface area contributed by atoms with Gasteiger partial charge < -0.3 is 20.4 Å². The molecule has 0 spiro atoms. The Bertz CT molecular complexity index is 384. The third-order valence-corrected chi connectivity index (χ3v) is 2.18. The van der Waals surface area contributed by atoms with Gasteiger partial charge in [-0.15, -0.1) is 5.10 Å². The molecule has 0 aliphatic heterocycles. The van der Waals surface area contributed by atoms with Crippen LogP contribution < -0.4 is 10.5 Å². The molecule has 0 fully saturated rings. The number of nitrogens with two attached hydrogens (primary N) is 1. The van der Waals surface area contributed by atoms with E-state index in [0.717, 1.165) is 12.8 Å². The van der Waals surface area contributed by atoms with Crippen molar-refractivity contribution in [2.24, 2.45) is 10.9 Å². The molecule has 0 aliphatic carbocycles. The highest BCUT2D eigenvalue weighted by atomic mass is 16.5. The van der Waals surface area contributed by atoms with Crippen LogP contribution in [0.2, 0.25) is 0 Å². The minimum absolute atomic E-state index is 0.0631. The Hall–Kier alpha value is -1.89. The highest BCUT2D eigenvalue weighted by molar-refractivity contribution is 5.98. The van der Waals surface area contributed by atoms with Crippen LogP contribution in [0.15, 0.2) is 17.4 Å². The first kappa shape index (κ1) is 14.2.